The van der Waals surface area contributed by atoms with Crippen LogP contribution in [0.15, 0.2) is 24.7 Å². The van der Waals surface area contributed by atoms with Crippen LogP contribution in [0.5, 0.6) is 0 Å². The van der Waals surface area contributed by atoms with Crippen molar-refractivity contribution in [3.63, 3.8) is 0 Å². The first-order valence-corrected chi connectivity index (χ1v) is 5.31. The second kappa shape index (κ2) is 8.36. The van der Waals surface area contributed by atoms with Crippen molar-refractivity contribution < 1.29 is 14.6 Å². The second-order valence-corrected chi connectivity index (χ2v) is 3.57. The molecule has 3 nitrogen and oxygen atoms in total. The van der Waals surface area contributed by atoms with E-state index >= 15 is 0 Å². The zero-order valence-electron chi connectivity index (χ0n) is 9.90. The highest BCUT2D eigenvalue weighted by atomic mass is 16.5. The van der Waals surface area contributed by atoms with Gasteiger partial charge in [-0.3, -0.25) is 0 Å². The van der Waals surface area contributed by atoms with Crippen LogP contribution in [0, 0.1) is 5.41 Å². The molecule has 0 aliphatic carbocycles. The molecule has 0 aromatic carbocycles. The van der Waals surface area contributed by atoms with E-state index in [1.807, 2.05) is 32.9 Å². The van der Waals surface area contributed by atoms with Gasteiger partial charge < -0.3 is 14.6 Å². The van der Waals surface area contributed by atoms with Crippen LogP contribution in [0.2, 0.25) is 0 Å². The van der Waals surface area contributed by atoms with Crippen molar-refractivity contribution in [2.45, 2.75) is 27.2 Å². The number of hydrogen-bond acceptors (Lipinski definition) is 3. The molecule has 15 heavy (non-hydrogen) atoms. The van der Waals surface area contributed by atoms with Crippen molar-refractivity contribution in [2.75, 3.05) is 19.8 Å². The molecule has 0 unspecified atom stereocenters. The van der Waals surface area contributed by atoms with E-state index in [1.165, 1.54) is 0 Å². The number of aliphatic hydroxyl groups is 1. The summed E-state index contributed by atoms with van der Waals surface area (Å²) in [4.78, 5) is 0. The Hall–Kier alpha value is -0.960. The normalized spacial score (nSPS) is 15.7. The Morgan fingerprint density at radius 2 is 1.53 bits per heavy atom. The fourth-order valence-corrected chi connectivity index (χ4v) is 1.09. The summed E-state index contributed by atoms with van der Waals surface area (Å²) >= 11 is 0. The van der Waals surface area contributed by atoms with Crippen LogP contribution < -0.4 is 0 Å². The maximum Gasteiger partial charge on any atom is 0.0984 e. The molecule has 0 saturated heterocycles. The smallest absolute Gasteiger partial charge is 0.0984 e. The predicted octanol–water partition coefficient (Wildman–Crippen LogP) is 2.48. The average Bonchev–Trinajstić information content (AvgIpc) is 2.28. The molecule has 0 atom stereocenters. The standard InChI is InChI=1S/C12H22O3/c1-4-7-14-10-12(6-3,9-13)11-15-8-5-2/h4-5,7-8,13H,6,9-11H2,1-3H3. The van der Waals surface area contributed by atoms with Crippen molar-refractivity contribution in [1.29, 1.82) is 0 Å². The Morgan fingerprint density at radius 1 is 1.07 bits per heavy atom. The molecule has 0 aliphatic rings. The molecule has 0 heterocycles. The first-order valence-electron chi connectivity index (χ1n) is 5.31. The van der Waals surface area contributed by atoms with Gasteiger partial charge in [-0.15, -0.1) is 0 Å². The van der Waals surface area contributed by atoms with Gasteiger partial charge >= 0.3 is 0 Å². The van der Waals surface area contributed by atoms with E-state index in [1.54, 1.807) is 12.5 Å². The van der Waals surface area contributed by atoms with E-state index in [0.717, 1.165) is 6.42 Å². The van der Waals surface area contributed by atoms with Crippen LogP contribution in [-0.4, -0.2) is 24.9 Å². The van der Waals surface area contributed by atoms with Crippen molar-refractivity contribution in [3.8, 4) is 0 Å². The van der Waals surface area contributed by atoms with Gasteiger partial charge in [0.15, 0.2) is 0 Å². The van der Waals surface area contributed by atoms with Crippen LogP contribution >= 0.6 is 0 Å². The Kier molecular flexibility index (Phi) is 7.82. The third-order valence-electron chi connectivity index (χ3n) is 2.33. The lowest BCUT2D eigenvalue weighted by Gasteiger charge is -2.28. The van der Waals surface area contributed by atoms with Crippen LogP contribution in [0.4, 0.5) is 0 Å². The van der Waals surface area contributed by atoms with Gasteiger partial charge in [0.2, 0.25) is 0 Å². The third kappa shape index (κ3) is 5.47. The van der Waals surface area contributed by atoms with Crippen LogP contribution in [-0.2, 0) is 9.47 Å². The minimum absolute atomic E-state index is 0.0681. The summed E-state index contributed by atoms with van der Waals surface area (Å²) < 4.78 is 10.6. The Morgan fingerprint density at radius 3 is 1.80 bits per heavy atom. The van der Waals surface area contributed by atoms with Gasteiger partial charge in [0.1, 0.15) is 0 Å². The lowest BCUT2D eigenvalue weighted by molar-refractivity contribution is -0.00772. The fourth-order valence-electron chi connectivity index (χ4n) is 1.09. The zero-order chi connectivity index (χ0) is 11.6. The Labute approximate surface area is 92.4 Å². The quantitative estimate of drug-likeness (QED) is 0.631. The summed E-state index contributed by atoms with van der Waals surface area (Å²) in [6.07, 6.45) is 7.74. The summed E-state index contributed by atoms with van der Waals surface area (Å²) in [5.41, 5.74) is -0.307. The Balaban J connectivity index is 4.16. The molecule has 0 aliphatic heterocycles. The van der Waals surface area contributed by atoms with Gasteiger partial charge in [-0.05, 0) is 20.3 Å². The molecule has 0 bridgehead atoms. The molecule has 0 aromatic heterocycles. The molecule has 1 N–H and O–H groups in total. The number of rotatable bonds is 8. The minimum atomic E-state index is -0.307. The molecular weight excluding hydrogens is 192 g/mol. The second-order valence-electron chi connectivity index (χ2n) is 3.57. The molecule has 0 aromatic rings. The van der Waals surface area contributed by atoms with E-state index in [-0.39, 0.29) is 12.0 Å². The first-order chi connectivity index (χ1) is 7.24. The van der Waals surface area contributed by atoms with Gasteiger partial charge in [-0.1, -0.05) is 19.1 Å². The van der Waals surface area contributed by atoms with Crippen LogP contribution in [0.3, 0.4) is 0 Å². The lowest BCUT2D eigenvalue weighted by Crippen LogP contribution is -2.34. The van der Waals surface area contributed by atoms with E-state index < -0.39 is 0 Å². The van der Waals surface area contributed by atoms with Crippen molar-refractivity contribution in [3.05, 3.63) is 24.7 Å². The average molecular weight is 214 g/mol. The molecule has 0 saturated carbocycles. The summed E-state index contributed by atoms with van der Waals surface area (Å²) in [6, 6.07) is 0. The lowest BCUT2D eigenvalue weighted by atomic mass is 9.88. The van der Waals surface area contributed by atoms with Crippen LogP contribution in [0.1, 0.15) is 27.2 Å². The molecular formula is C12H22O3. The molecule has 3 heteroatoms. The maximum absolute atomic E-state index is 9.37. The molecule has 0 amide bonds. The van der Waals surface area contributed by atoms with E-state index in [2.05, 4.69) is 0 Å². The van der Waals surface area contributed by atoms with Crippen molar-refractivity contribution in [2.24, 2.45) is 5.41 Å². The largest absolute Gasteiger partial charge is 0.501 e. The first kappa shape index (κ1) is 14.0. The number of hydrogen-bond donors (Lipinski definition) is 1. The Bertz CT molecular complexity index is 175. The number of allylic oxidation sites excluding steroid dienone is 2. The number of aliphatic hydroxyl groups excluding tert-OH is 1. The molecule has 0 spiro atoms. The molecule has 0 fully saturated rings. The van der Waals surface area contributed by atoms with Crippen molar-refractivity contribution >= 4 is 0 Å². The van der Waals surface area contributed by atoms with Crippen molar-refractivity contribution in [1.82, 2.24) is 0 Å². The maximum atomic E-state index is 9.37. The van der Waals surface area contributed by atoms with Gasteiger partial charge in [0, 0.05) is 0 Å². The minimum Gasteiger partial charge on any atom is -0.501 e. The number of ether oxygens (including phenoxy) is 2. The highest BCUT2D eigenvalue weighted by Gasteiger charge is 2.28. The van der Waals surface area contributed by atoms with Gasteiger partial charge in [-0.25, -0.2) is 0 Å². The van der Waals surface area contributed by atoms with E-state index in [4.69, 9.17) is 9.47 Å². The van der Waals surface area contributed by atoms with Crippen LogP contribution in [0.25, 0.3) is 0 Å². The summed E-state index contributed by atoms with van der Waals surface area (Å²) in [5, 5.41) is 9.37. The fraction of sp³-hybridized carbons (Fsp3) is 0.667. The third-order valence-corrected chi connectivity index (χ3v) is 2.33. The summed E-state index contributed by atoms with van der Waals surface area (Å²) in [6.45, 7) is 6.82. The van der Waals surface area contributed by atoms with Gasteiger partial charge in [0.05, 0.1) is 37.8 Å². The van der Waals surface area contributed by atoms with E-state index in [9.17, 15) is 5.11 Å². The topological polar surface area (TPSA) is 38.7 Å². The highest BCUT2D eigenvalue weighted by Crippen LogP contribution is 2.22. The summed E-state index contributed by atoms with van der Waals surface area (Å²) in [5.74, 6) is 0. The predicted molar refractivity (Wildman–Crippen MR) is 61.3 cm³/mol. The zero-order valence-corrected chi connectivity index (χ0v) is 9.90. The summed E-state index contributed by atoms with van der Waals surface area (Å²) in [7, 11) is 0. The molecule has 88 valence electrons. The monoisotopic (exact) mass is 214 g/mol. The molecule has 0 rings (SSSR count). The van der Waals surface area contributed by atoms with E-state index in [0.29, 0.717) is 13.2 Å². The van der Waals surface area contributed by atoms with Gasteiger partial charge in [0.25, 0.3) is 0 Å². The highest BCUT2D eigenvalue weighted by molar-refractivity contribution is 4.80. The SMILES string of the molecule is CC=COCC(CC)(CO)COC=CC. The molecule has 0 radical (unpaired) electrons. The van der Waals surface area contributed by atoms with Gasteiger partial charge in [-0.2, -0.15) is 0 Å².